The van der Waals surface area contributed by atoms with Crippen LogP contribution in [0.3, 0.4) is 0 Å². The third-order valence-electron chi connectivity index (χ3n) is 4.32. The molecule has 11 nitrogen and oxygen atoms in total. The van der Waals surface area contributed by atoms with E-state index in [1.165, 1.54) is 0 Å². The van der Waals surface area contributed by atoms with Gasteiger partial charge in [0.1, 0.15) is 43.2 Å². The van der Waals surface area contributed by atoms with E-state index in [0.717, 1.165) is 0 Å². The van der Waals surface area contributed by atoms with Gasteiger partial charge in [0.15, 0.2) is 6.29 Å². The maximum Gasteiger partial charge on any atom is 0.221 e. The Labute approximate surface area is 137 Å². The fraction of sp³-hybridized carbons (Fsp3) is 1.00. The summed E-state index contributed by atoms with van der Waals surface area (Å²) >= 11 is 0. The van der Waals surface area contributed by atoms with Crippen molar-refractivity contribution in [1.29, 1.82) is 0 Å². The number of hydrogen-bond donors (Lipinski definition) is 8. The second kappa shape index (κ2) is 7.85. The molecule has 2 fully saturated rings. The van der Waals surface area contributed by atoms with Crippen LogP contribution in [0.4, 0.5) is 0 Å². The van der Waals surface area contributed by atoms with Crippen LogP contribution in [0.5, 0.6) is 0 Å². The lowest BCUT2D eigenvalue weighted by atomic mass is 9.95. The van der Waals surface area contributed by atoms with E-state index < -0.39 is 74.6 Å². The zero-order valence-electron chi connectivity index (χ0n) is 12.7. The normalized spacial score (nSPS) is 50.0. The zero-order valence-corrected chi connectivity index (χ0v) is 12.7. The second-order valence-corrected chi connectivity index (χ2v) is 5.94. The number of ether oxygens (including phenoxy) is 3. The van der Waals surface area contributed by atoms with Crippen LogP contribution in [0.1, 0.15) is 6.42 Å². The van der Waals surface area contributed by atoms with Gasteiger partial charge in [-0.2, -0.15) is 0 Å². The highest BCUT2D eigenvalue weighted by Crippen LogP contribution is 2.34. The molecule has 2 aliphatic heterocycles. The molecule has 0 bridgehead atoms. The van der Waals surface area contributed by atoms with E-state index in [2.05, 4.69) is 0 Å². The molecule has 11 heteroatoms. The highest BCUT2D eigenvalue weighted by atomic mass is 16.8. The standard InChI is InChI=1S/C13H24O11/c14-2-6-5(17)1-8(18)13(4-16,23-6)24-12-11(21)10(20)9(19)7(3-15)22-12/h5-12,14-21H,1-4H2/t5?,6-,7?,8-,9-,10?,11?,12-,13+/m1/s1. The average molecular weight is 356 g/mol. The minimum Gasteiger partial charge on any atom is -0.394 e. The van der Waals surface area contributed by atoms with Gasteiger partial charge in [0.2, 0.25) is 5.79 Å². The van der Waals surface area contributed by atoms with E-state index in [9.17, 15) is 35.7 Å². The summed E-state index contributed by atoms with van der Waals surface area (Å²) in [5.41, 5.74) is 0. The summed E-state index contributed by atoms with van der Waals surface area (Å²) in [6, 6.07) is 0. The van der Waals surface area contributed by atoms with Gasteiger partial charge in [-0.15, -0.1) is 0 Å². The van der Waals surface area contributed by atoms with Crippen molar-refractivity contribution < 1.29 is 55.1 Å². The van der Waals surface area contributed by atoms with Gasteiger partial charge in [-0.05, 0) is 0 Å². The summed E-state index contributed by atoms with van der Waals surface area (Å²) in [7, 11) is 0. The molecule has 0 aromatic heterocycles. The fourth-order valence-corrected chi connectivity index (χ4v) is 2.78. The molecule has 2 saturated heterocycles. The molecular weight excluding hydrogens is 332 g/mol. The largest absolute Gasteiger partial charge is 0.394 e. The first kappa shape index (κ1) is 19.9. The fourth-order valence-electron chi connectivity index (χ4n) is 2.78. The van der Waals surface area contributed by atoms with E-state index >= 15 is 0 Å². The number of hydrogen-bond acceptors (Lipinski definition) is 11. The first-order chi connectivity index (χ1) is 11.3. The van der Waals surface area contributed by atoms with E-state index in [1.54, 1.807) is 0 Å². The Hall–Kier alpha value is -0.440. The molecular formula is C13H24O11. The summed E-state index contributed by atoms with van der Waals surface area (Å²) in [5, 5.41) is 77.2. The Kier molecular flexibility index (Phi) is 6.50. The molecule has 0 aliphatic carbocycles. The Morgan fingerprint density at radius 1 is 0.875 bits per heavy atom. The van der Waals surface area contributed by atoms with Crippen molar-refractivity contribution in [1.82, 2.24) is 0 Å². The smallest absolute Gasteiger partial charge is 0.221 e. The minimum atomic E-state index is -2.14. The monoisotopic (exact) mass is 356 g/mol. The van der Waals surface area contributed by atoms with E-state index in [1.807, 2.05) is 0 Å². The minimum absolute atomic E-state index is 0.288. The first-order valence-electron chi connectivity index (χ1n) is 7.53. The molecule has 0 amide bonds. The molecule has 0 saturated carbocycles. The van der Waals surface area contributed by atoms with Crippen molar-refractivity contribution in [3.63, 3.8) is 0 Å². The van der Waals surface area contributed by atoms with Crippen molar-refractivity contribution in [2.45, 2.75) is 61.2 Å². The van der Waals surface area contributed by atoms with Crippen LogP contribution in [0, 0.1) is 0 Å². The van der Waals surface area contributed by atoms with Gasteiger partial charge >= 0.3 is 0 Å². The van der Waals surface area contributed by atoms with Crippen LogP contribution in [-0.2, 0) is 14.2 Å². The first-order valence-corrected chi connectivity index (χ1v) is 7.53. The summed E-state index contributed by atoms with van der Waals surface area (Å²) in [6.07, 6.45) is -12.2. The summed E-state index contributed by atoms with van der Waals surface area (Å²) in [6.45, 7) is -2.21. The van der Waals surface area contributed by atoms with Gasteiger partial charge in [-0.25, -0.2) is 0 Å². The number of aliphatic hydroxyl groups excluding tert-OH is 8. The third kappa shape index (κ3) is 3.57. The highest BCUT2D eigenvalue weighted by molar-refractivity contribution is 4.94. The third-order valence-corrected chi connectivity index (χ3v) is 4.32. The molecule has 4 unspecified atom stereocenters. The molecule has 0 aromatic carbocycles. The predicted octanol–water partition coefficient (Wildman–Crippen LogP) is -5.01. The molecule has 142 valence electrons. The predicted molar refractivity (Wildman–Crippen MR) is 73.3 cm³/mol. The molecule has 24 heavy (non-hydrogen) atoms. The Morgan fingerprint density at radius 3 is 2.04 bits per heavy atom. The van der Waals surface area contributed by atoms with Crippen LogP contribution in [0.2, 0.25) is 0 Å². The lowest BCUT2D eigenvalue weighted by Crippen LogP contribution is -2.66. The molecule has 0 spiro atoms. The molecule has 2 aliphatic rings. The molecule has 2 rings (SSSR count). The van der Waals surface area contributed by atoms with Crippen molar-refractivity contribution >= 4 is 0 Å². The Balaban J connectivity index is 2.18. The maximum atomic E-state index is 10.1. The van der Waals surface area contributed by atoms with E-state index in [0.29, 0.717) is 0 Å². The number of rotatable bonds is 5. The Morgan fingerprint density at radius 2 is 1.50 bits per heavy atom. The summed E-state index contributed by atoms with van der Waals surface area (Å²) < 4.78 is 15.7. The molecule has 8 N–H and O–H groups in total. The topological polar surface area (TPSA) is 190 Å². The van der Waals surface area contributed by atoms with E-state index in [-0.39, 0.29) is 6.42 Å². The Bertz CT molecular complexity index is 407. The van der Waals surface area contributed by atoms with Crippen molar-refractivity contribution in [3.8, 4) is 0 Å². The van der Waals surface area contributed by atoms with Crippen LogP contribution in [-0.4, -0.2) is 115 Å². The van der Waals surface area contributed by atoms with Crippen LogP contribution in [0.25, 0.3) is 0 Å². The second-order valence-electron chi connectivity index (χ2n) is 5.94. The van der Waals surface area contributed by atoms with Crippen LogP contribution >= 0.6 is 0 Å². The molecule has 0 aromatic rings. The van der Waals surface area contributed by atoms with Crippen molar-refractivity contribution in [2.24, 2.45) is 0 Å². The summed E-state index contributed by atoms with van der Waals surface area (Å²) in [4.78, 5) is 0. The lowest BCUT2D eigenvalue weighted by Gasteiger charge is -2.48. The van der Waals surface area contributed by atoms with Gasteiger partial charge in [0, 0.05) is 6.42 Å². The molecule has 2 heterocycles. The molecule has 9 atom stereocenters. The highest BCUT2D eigenvalue weighted by Gasteiger charge is 2.54. The number of aliphatic hydroxyl groups is 8. The summed E-state index contributed by atoms with van der Waals surface area (Å²) in [5.74, 6) is -2.14. The van der Waals surface area contributed by atoms with Gasteiger partial charge in [0.25, 0.3) is 0 Å². The van der Waals surface area contributed by atoms with Crippen molar-refractivity contribution in [2.75, 3.05) is 19.8 Å². The van der Waals surface area contributed by atoms with Gasteiger partial charge in [-0.1, -0.05) is 0 Å². The van der Waals surface area contributed by atoms with Crippen LogP contribution < -0.4 is 0 Å². The zero-order chi connectivity index (χ0) is 18.1. The van der Waals surface area contributed by atoms with Gasteiger partial charge in [-0.3, -0.25) is 0 Å². The SMILES string of the molecule is OCC1O[C@H](O[C@]2(CO)O[C@H](CO)C(O)C[C@H]2O)C(O)C(O)[C@@H]1O. The van der Waals surface area contributed by atoms with Gasteiger partial charge < -0.3 is 55.1 Å². The van der Waals surface area contributed by atoms with E-state index in [4.69, 9.17) is 19.3 Å². The molecule has 0 radical (unpaired) electrons. The van der Waals surface area contributed by atoms with Gasteiger partial charge in [0.05, 0.1) is 19.3 Å². The maximum absolute atomic E-state index is 10.1. The lowest BCUT2D eigenvalue weighted by molar-refractivity contribution is -0.417. The quantitative estimate of drug-likeness (QED) is 0.235. The van der Waals surface area contributed by atoms with Crippen molar-refractivity contribution in [3.05, 3.63) is 0 Å². The average Bonchev–Trinajstić information content (AvgIpc) is 2.57. The van der Waals surface area contributed by atoms with Crippen LogP contribution in [0.15, 0.2) is 0 Å².